The number of hydrogen-bond donors (Lipinski definition) is 1. The van der Waals surface area contributed by atoms with Crippen molar-refractivity contribution in [2.45, 2.75) is 6.54 Å². The van der Waals surface area contributed by atoms with Crippen molar-refractivity contribution in [3.05, 3.63) is 57.9 Å². The number of nitrogens with zero attached hydrogens (tertiary/aromatic N) is 3. The van der Waals surface area contributed by atoms with Gasteiger partial charge in [0, 0.05) is 12.1 Å². The Morgan fingerprint density at radius 2 is 1.95 bits per heavy atom. The molecule has 1 aromatic carbocycles. The Morgan fingerprint density at radius 1 is 1.26 bits per heavy atom. The summed E-state index contributed by atoms with van der Waals surface area (Å²) in [6, 6.07) is 3.08. The summed E-state index contributed by atoms with van der Waals surface area (Å²) in [4.78, 5) is 17.1. The Hall–Kier alpha value is -2.64. The first-order valence-electron chi connectivity index (χ1n) is 5.20. The van der Waals surface area contributed by atoms with Crippen molar-refractivity contribution in [2.24, 2.45) is 0 Å². The monoisotopic (exact) mass is 266 g/mol. The molecule has 0 amide bonds. The van der Waals surface area contributed by atoms with Crippen LogP contribution < -0.4 is 5.32 Å². The number of nitro groups is 1. The first kappa shape index (κ1) is 12.8. The Balaban J connectivity index is 2.06. The lowest BCUT2D eigenvalue weighted by Crippen LogP contribution is -2.05. The minimum Gasteiger partial charge on any atom is -0.350 e. The van der Waals surface area contributed by atoms with Crippen LogP contribution in [0.15, 0.2) is 30.6 Å². The first-order valence-corrected chi connectivity index (χ1v) is 5.20. The fraction of sp³-hybridized carbons (Fsp3) is 0.0909. The number of benzene rings is 1. The second-order valence-electron chi connectivity index (χ2n) is 3.61. The molecule has 0 fully saturated rings. The quantitative estimate of drug-likeness (QED) is 0.678. The van der Waals surface area contributed by atoms with Gasteiger partial charge in [-0.1, -0.05) is 0 Å². The van der Waals surface area contributed by atoms with E-state index < -0.39 is 16.6 Å². The van der Waals surface area contributed by atoms with Crippen LogP contribution in [-0.4, -0.2) is 14.9 Å². The van der Waals surface area contributed by atoms with Crippen LogP contribution in [0.3, 0.4) is 0 Å². The molecule has 98 valence electrons. The zero-order valence-corrected chi connectivity index (χ0v) is 9.51. The van der Waals surface area contributed by atoms with Gasteiger partial charge in [0.05, 0.1) is 4.92 Å². The molecular formula is C11H8F2N4O2. The predicted molar refractivity (Wildman–Crippen MR) is 62.4 cm³/mol. The summed E-state index contributed by atoms with van der Waals surface area (Å²) in [7, 11) is 0. The van der Waals surface area contributed by atoms with Crippen molar-refractivity contribution in [3.63, 3.8) is 0 Å². The zero-order valence-electron chi connectivity index (χ0n) is 9.51. The second kappa shape index (κ2) is 5.34. The van der Waals surface area contributed by atoms with Gasteiger partial charge in [0.2, 0.25) is 5.95 Å². The standard InChI is InChI=1S/C11H8F2N4O2/c12-8-1-2-10(13)7(3-8)4-14-11-15-5-9(6-16-11)17(18)19/h1-3,5-6H,4H2,(H,14,15,16). The van der Waals surface area contributed by atoms with Crippen LogP contribution in [0, 0.1) is 21.7 Å². The van der Waals surface area contributed by atoms with Gasteiger partial charge >= 0.3 is 5.69 Å². The minimum absolute atomic E-state index is 0.0264. The largest absolute Gasteiger partial charge is 0.350 e. The summed E-state index contributed by atoms with van der Waals surface area (Å²) < 4.78 is 26.2. The second-order valence-corrected chi connectivity index (χ2v) is 3.61. The Morgan fingerprint density at radius 3 is 2.58 bits per heavy atom. The zero-order chi connectivity index (χ0) is 13.8. The highest BCUT2D eigenvalue weighted by atomic mass is 19.1. The van der Waals surface area contributed by atoms with E-state index in [1.54, 1.807) is 0 Å². The summed E-state index contributed by atoms with van der Waals surface area (Å²) in [6.07, 6.45) is 2.05. The molecule has 2 aromatic rings. The molecule has 8 heteroatoms. The normalized spacial score (nSPS) is 10.2. The number of rotatable bonds is 4. The highest BCUT2D eigenvalue weighted by Crippen LogP contribution is 2.12. The van der Waals surface area contributed by atoms with Crippen LogP contribution in [0.1, 0.15) is 5.56 Å². The maximum atomic E-state index is 13.3. The highest BCUT2D eigenvalue weighted by molar-refractivity contribution is 5.32. The smallest absolute Gasteiger partial charge is 0.305 e. The van der Waals surface area contributed by atoms with Crippen molar-refractivity contribution >= 4 is 11.6 Å². The lowest BCUT2D eigenvalue weighted by Gasteiger charge is -2.05. The van der Waals surface area contributed by atoms with Crippen molar-refractivity contribution in [1.82, 2.24) is 9.97 Å². The van der Waals surface area contributed by atoms with Crippen molar-refractivity contribution in [1.29, 1.82) is 0 Å². The van der Waals surface area contributed by atoms with Crippen LogP contribution in [0.4, 0.5) is 20.4 Å². The van der Waals surface area contributed by atoms with E-state index in [4.69, 9.17) is 0 Å². The fourth-order valence-electron chi connectivity index (χ4n) is 1.36. The molecule has 0 aliphatic carbocycles. The van der Waals surface area contributed by atoms with Gasteiger partial charge in [-0.25, -0.2) is 18.7 Å². The lowest BCUT2D eigenvalue weighted by atomic mass is 10.2. The molecule has 0 unspecified atom stereocenters. The molecule has 1 aromatic heterocycles. The third kappa shape index (κ3) is 3.18. The van der Waals surface area contributed by atoms with E-state index in [0.29, 0.717) is 0 Å². The lowest BCUT2D eigenvalue weighted by molar-refractivity contribution is -0.385. The van der Waals surface area contributed by atoms with Crippen LogP contribution >= 0.6 is 0 Å². The average molecular weight is 266 g/mol. The third-order valence-corrected chi connectivity index (χ3v) is 2.29. The molecule has 6 nitrogen and oxygen atoms in total. The Bertz CT molecular complexity index is 604. The maximum Gasteiger partial charge on any atom is 0.305 e. The van der Waals surface area contributed by atoms with Gasteiger partial charge in [-0.15, -0.1) is 0 Å². The van der Waals surface area contributed by atoms with Gasteiger partial charge in [-0.2, -0.15) is 0 Å². The van der Waals surface area contributed by atoms with E-state index in [-0.39, 0.29) is 23.7 Å². The molecule has 0 saturated heterocycles. The van der Waals surface area contributed by atoms with E-state index in [1.807, 2.05) is 0 Å². The minimum atomic E-state index is -0.629. The molecule has 1 heterocycles. The number of halogens is 2. The molecule has 0 aliphatic rings. The molecule has 0 spiro atoms. The fourth-order valence-corrected chi connectivity index (χ4v) is 1.36. The van der Waals surface area contributed by atoms with Gasteiger partial charge in [-0.05, 0) is 18.2 Å². The molecule has 2 rings (SSSR count). The summed E-state index contributed by atoms with van der Waals surface area (Å²) >= 11 is 0. The van der Waals surface area contributed by atoms with Crippen molar-refractivity contribution in [2.75, 3.05) is 5.32 Å². The number of hydrogen-bond acceptors (Lipinski definition) is 5. The Kier molecular flexibility index (Phi) is 3.60. The van der Waals surface area contributed by atoms with Gasteiger partial charge < -0.3 is 5.32 Å². The molecule has 0 saturated carbocycles. The van der Waals surface area contributed by atoms with Crippen LogP contribution in [0.2, 0.25) is 0 Å². The average Bonchev–Trinajstić information content (AvgIpc) is 2.40. The number of aromatic nitrogens is 2. The van der Waals surface area contributed by atoms with Gasteiger partial charge in [0.25, 0.3) is 0 Å². The summed E-state index contributed by atoms with van der Waals surface area (Å²) in [5.74, 6) is -1.02. The van der Waals surface area contributed by atoms with E-state index >= 15 is 0 Å². The topological polar surface area (TPSA) is 81.0 Å². The number of anilines is 1. The Labute approximate surface area is 106 Å². The van der Waals surface area contributed by atoms with Gasteiger partial charge in [0.1, 0.15) is 24.0 Å². The summed E-state index contributed by atoms with van der Waals surface area (Å²) in [5.41, 5.74) is -0.135. The van der Waals surface area contributed by atoms with Gasteiger partial charge in [-0.3, -0.25) is 10.1 Å². The molecule has 0 atom stereocenters. The molecule has 19 heavy (non-hydrogen) atoms. The van der Waals surface area contributed by atoms with E-state index in [1.165, 1.54) is 0 Å². The summed E-state index contributed by atoms with van der Waals surface area (Å²) in [5, 5.41) is 13.0. The molecule has 0 radical (unpaired) electrons. The van der Waals surface area contributed by atoms with Crippen molar-refractivity contribution < 1.29 is 13.7 Å². The van der Waals surface area contributed by atoms with Crippen LogP contribution in [-0.2, 0) is 6.54 Å². The maximum absolute atomic E-state index is 13.3. The van der Waals surface area contributed by atoms with Crippen LogP contribution in [0.25, 0.3) is 0 Å². The van der Waals surface area contributed by atoms with Gasteiger partial charge in [0.15, 0.2) is 0 Å². The highest BCUT2D eigenvalue weighted by Gasteiger charge is 2.08. The predicted octanol–water partition coefficient (Wildman–Crippen LogP) is 2.28. The SMILES string of the molecule is O=[N+]([O-])c1cnc(NCc2cc(F)ccc2F)nc1. The van der Waals surface area contributed by atoms with Crippen LogP contribution in [0.5, 0.6) is 0 Å². The number of nitrogens with one attached hydrogen (secondary N) is 1. The van der Waals surface area contributed by atoms with E-state index in [2.05, 4.69) is 15.3 Å². The molecule has 0 bridgehead atoms. The molecule has 1 N–H and O–H groups in total. The molecular weight excluding hydrogens is 258 g/mol. The van der Waals surface area contributed by atoms with E-state index in [0.717, 1.165) is 30.6 Å². The van der Waals surface area contributed by atoms with E-state index in [9.17, 15) is 18.9 Å². The summed E-state index contributed by atoms with van der Waals surface area (Å²) in [6.45, 7) is -0.0264. The third-order valence-electron chi connectivity index (χ3n) is 2.29. The molecule has 0 aliphatic heterocycles. The first-order chi connectivity index (χ1) is 9.06. The van der Waals surface area contributed by atoms with Crippen molar-refractivity contribution in [3.8, 4) is 0 Å².